The highest BCUT2D eigenvalue weighted by molar-refractivity contribution is 7.14. The number of nitrogens with zero attached hydrogens (tertiary/aromatic N) is 1. The molecule has 3 aromatic rings. The van der Waals surface area contributed by atoms with E-state index in [1.807, 2.05) is 55.6 Å². The van der Waals surface area contributed by atoms with Crippen molar-refractivity contribution in [2.45, 2.75) is 26.9 Å². The van der Waals surface area contributed by atoms with Crippen LogP contribution in [0.25, 0.3) is 11.3 Å². The Balaban J connectivity index is 1.48. The molecule has 2 aromatic carbocycles. The Hall–Kier alpha value is -3.52. The third-order valence-electron chi connectivity index (χ3n) is 4.36. The fourth-order valence-electron chi connectivity index (χ4n) is 2.93. The summed E-state index contributed by atoms with van der Waals surface area (Å²) in [5.74, 6) is -1.58. The molecule has 0 aliphatic carbocycles. The number of rotatable bonds is 7. The number of benzene rings is 2. The van der Waals surface area contributed by atoms with Crippen LogP contribution in [-0.4, -0.2) is 35.4 Å². The zero-order valence-corrected chi connectivity index (χ0v) is 18.3. The summed E-state index contributed by atoms with van der Waals surface area (Å²) in [6, 6.07) is 15.0. The maximum Gasteiger partial charge on any atom is 0.326 e. The van der Waals surface area contributed by atoms with Crippen molar-refractivity contribution in [2.24, 2.45) is 0 Å². The van der Waals surface area contributed by atoms with Crippen molar-refractivity contribution in [3.8, 4) is 11.3 Å². The normalized spacial score (nSPS) is 11.5. The number of nitrogens with one attached hydrogen (secondary N) is 2. The summed E-state index contributed by atoms with van der Waals surface area (Å²) in [7, 11) is 0. The van der Waals surface area contributed by atoms with Crippen LogP contribution in [0.1, 0.15) is 28.4 Å². The molecule has 2 amide bonds. The molecule has 0 bridgehead atoms. The lowest BCUT2D eigenvalue weighted by atomic mass is 10.1. The molecule has 0 aliphatic rings. The van der Waals surface area contributed by atoms with E-state index in [-0.39, 0.29) is 12.5 Å². The zero-order chi connectivity index (χ0) is 22.4. The van der Waals surface area contributed by atoms with Gasteiger partial charge in [-0.1, -0.05) is 47.5 Å². The van der Waals surface area contributed by atoms with Crippen LogP contribution < -0.4 is 10.6 Å². The Bertz CT molecular complexity index is 1070. The van der Waals surface area contributed by atoms with Crippen molar-refractivity contribution in [3.05, 3.63) is 70.6 Å². The molecular formula is C23H23N3O4S. The lowest BCUT2D eigenvalue weighted by molar-refractivity contribution is -0.152. The summed E-state index contributed by atoms with van der Waals surface area (Å²) < 4.78 is 5.12. The molecule has 7 nitrogen and oxygen atoms in total. The van der Waals surface area contributed by atoms with Crippen LogP contribution in [0.4, 0.5) is 5.13 Å². The minimum Gasteiger partial charge on any atom is -0.451 e. The SMILES string of the molecule is Cc1cc(C)cc(C(=O)NCC(=O)OC(C)C(=O)Nc2nc(-c3ccccc3)cs2)c1. The molecule has 160 valence electrons. The maximum absolute atomic E-state index is 12.3. The van der Waals surface area contributed by atoms with E-state index in [4.69, 9.17) is 4.74 Å². The highest BCUT2D eigenvalue weighted by Gasteiger charge is 2.20. The molecule has 31 heavy (non-hydrogen) atoms. The summed E-state index contributed by atoms with van der Waals surface area (Å²) in [4.78, 5) is 41.0. The number of hydrogen-bond acceptors (Lipinski definition) is 6. The van der Waals surface area contributed by atoms with Gasteiger partial charge in [0.1, 0.15) is 6.54 Å². The fraction of sp³-hybridized carbons (Fsp3) is 0.217. The topological polar surface area (TPSA) is 97.4 Å². The quantitative estimate of drug-likeness (QED) is 0.549. The molecular weight excluding hydrogens is 414 g/mol. The van der Waals surface area contributed by atoms with E-state index in [1.54, 1.807) is 12.1 Å². The highest BCUT2D eigenvalue weighted by Crippen LogP contribution is 2.24. The first kappa shape index (κ1) is 22.2. The first-order chi connectivity index (χ1) is 14.8. The first-order valence-electron chi connectivity index (χ1n) is 9.69. The van der Waals surface area contributed by atoms with Crippen molar-refractivity contribution in [3.63, 3.8) is 0 Å². The fourth-order valence-corrected chi connectivity index (χ4v) is 3.65. The van der Waals surface area contributed by atoms with E-state index in [2.05, 4.69) is 15.6 Å². The second-order valence-corrected chi connectivity index (χ2v) is 7.94. The van der Waals surface area contributed by atoms with Gasteiger partial charge < -0.3 is 10.1 Å². The summed E-state index contributed by atoms with van der Waals surface area (Å²) in [6.07, 6.45) is -1.03. The Kier molecular flexibility index (Phi) is 7.15. The van der Waals surface area contributed by atoms with Crippen LogP contribution >= 0.6 is 11.3 Å². The summed E-state index contributed by atoms with van der Waals surface area (Å²) in [6.45, 7) is 4.91. The van der Waals surface area contributed by atoms with Gasteiger partial charge in [0.2, 0.25) is 0 Å². The predicted octanol–water partition coefficient (Wildman–Crippen LogP) is 3.73. The number of carbonyl (C=O) groups excluding carboxylic acids is 3. The van der Waals surface area contributed by atoms with Crippen molar-refractivity contribution in [1.29, 1.82) is 0 Å². The largest absolute Gasteiger partial charge is 0.451 e. The number of anilines is 1. The standard InChI is InChI=1S/C23H23N3O4S/c1-14-9-15(2)11-18(10-14)22(29)24-12-20(27)30-16(3)21(28)26-23-25-19(13-31-23)17-7-5-4-6-8-17/h4-11,13,16H,12H2,1-3H3,(H,24,29)(H,25,26,28). The molecule has 1 heterocycles. The van der Waals surface area contributed by atoms with Crippen LogP contribution in [-0.2, 0) is 14.3 Å². The first-order valence-corrected chi connectivity index (χ1v) is 10.6. The third kappa shape index (κ3) is 6.23. The third-order valence-corrected chi connectivity index (χ3v) is 5.12. The van der Waals surface area contributed by atoms with E-state index < -0.39 is 18.0 Å². The molecule has 0 aliphatic heterocycles. The number of carbonyl (C=O) groups is 3. The average molecular weight is 438 g/mol. The van der Waals surface area contributed by atoms with Gasteiger partial charge in [0.05, 0.1) is 5.69 Å². The molecule has 0 saturated carbocycles. The lowest BCUT2D eigenvalue weighted by Gasteiger charge is -2.13. The lowest BCUT2D eigenvalue weighted by Crippen LogP contribution is -2.35. The van der Waals surface area contributed by atoms with Gasteiger partial charge in [-0.2, -0.15) is 0 Å². The summed E-state index contributed by atoms with van der Waals surface area (Å²) in [5, 5.41) is 7.41. The van der Waals surface area contributed by atoms with Crippen LogP contribution in [0.5, 0.6) is 0 Å². The number of aromatic nitrogens is 1. The van der Waals surface area contributed by atoms with E-state index in [1.165, 1.54) is 18.3 Å². The van der Waals surface area contributed by atoms with Crippen molar-refractivity contribution < 1.29 is 19.1 Å². The molecule has 1 aromatic heterocycles. The molecule has 2 N–H and O–H groups in total. The second-order valence-electron chi connectivity index (χ2n) is 7.08. The highest BCUT2D eigenvalue weighted by atomic mass is 32.1. The van der Waals surface area contributed by atoms with E-state index in [0.717, 1.165) is 22.4 Å². The van der Waals surface area contributed by atoms with Crippen molar-refractivity contribution in [2.75, 3.05) is 11.9 Å². The van der Waals surface area contributed by atoms with Gasteiger partial charge in [0.15, 0.2) is 11.2 Å². The average Bonchev–Trinajstić information content (AvgIpc) is 3.20. The van der Waals surface area contributed by atoms with Crippen molar-refractivity contribution >= 4 is 34.3 Å². The molecule has 0 spiro atoms. The van der Waals surface area contributed by atoms with Gasteiger partial charge in [0, 0.05) is 16.5 Å². The van der Waals surface area contributed by atoms with Gasteiger partial charge in [-0.25, -0.2) is 4.98 Å². The van der Waals surface area contributed by atoms with E-state index >= 15 is 0 Å². The Morgan fingerprint density at radius 1 is 1.06 bits per heavy atom. The van der Waals surface area contributed by atoms with E-state index in [0.29, 0.717) is 10.7 Å². The minimum atomic E-state index is -1.03. The minimum absolute atomic E-state index is 0.334. The van der Waals surface area contributed by atoms with Crippen molar-refractivity contribution in [1.82, 2.24) is 10.3 Å². The molecule has 0 fully saturated rings. The Morgan fingerprint density at radius 3 is 2.42 bits per heavy atom. The van der Waals surface area contributed by atoms with Gasteiger partial charge in [-0.3, -0.25) is 19.7 Å². The number of thiazole rings is 1. The maximum atomic E-state index is 12.3. The number of amides is 2. The summed E-state index contributed by atoms with van der Waals surface area (Å²) >= 11 is 1.28. The van der Waals surface area contributed by atoms with E-state index in [9.17, 15) is 14.4 Å². The van der Waals surface area contributed by atoms with Crippen LogP contribution in [0, 0.1) is 13.8 Å². The molecule has 8 heteroatoms. The monoisotopic (exact) mass is 437 g/mol. The Labute approximate surface area is 184 Å². The number of esters is 1. The summed E-state index contributed by atoms with van der Waals surface area (Å²) in [5.41, 5.74) is 4.07. The number of ether oxygens (including phenoxy) is 1. The predicted molar refractivity (Wildman–Crippen MR) is 120 cm³/mol. The number of hydrogen-bond donors (Lipinski definition) is 2. The second kappa shape index (κ2) is 9.99. The van der Waals surface area contributed by atoms with Crippen LogP contribution in [0.2, 0.25) is 0 Å². The van der Waals surface area contributed by atoms with Gasteiger partial charge >= 0.3 is 5.97 Å². The molecule has 3 rings (SSSR count). The zero-order valence-electron chi connectivity index (χ0n) is 17.5. The molecule has 0 saturated heterocycles. The smallest absolute Gasteiger partial charge is 0.326 e. The molecule has 1 atom stereocenters. The molecule has 0 radical (unpaired) electrons. The Morgan fingerprint density at radius 2 is 1.74 bits per heavy atom. The van der Waals surface area contributed by atoms with Crippen LogP contribution in [0.3, 0.4) is 0 Å². The number of aryl methyl sites for hydroxylation is 2. The van der Waals surface area contributed by atoms with Gasteiger partial charge in [-0.05, 0) is 32.9 Å². The van der Waals surface area contributed by atoms with Gasteiger partial charge in [0.25, 0.3) is 11.8 Å². The van der Waals surface area contributed by atoms with Crippen LogP contribution in [0.15, 0.2) is 53.9 Å². The van der Waals surface area contributed by atoms with Gasteiger partial charge in [-0.15, -0.1) is 11.3 Å². The molecule has 1 unspecified atom stereocenters.